The first-order valence-corrected chi connectivity index (χ1v) is 6.02. The second-order valence-corrected chi connectivity index (χ2v) is 4.76. The van der Waals surface area contributed by atoms with E-state index in [0.29, 0.717) is 0 Å². The van der Waals surface area contributed by atoms with Gasteiger partial charge in [-0.3, -0.25) is 9.97 Å². The molecule has 2 N–H and O–H groups in total. The van der Waals surface area contributed by atoms with Crippen LogP contribution in [0.2, 0.25) is 0 Å². The first kappa shape index (κ1) is 11.2. The fraction of sp³-hybridized carbons (Fsp3) is 0.364. The molecule has 1 unspecified atom stereocenters. The molecule has 0 saturated heterocycles. The van der Waals surface area contributed by atoms with Crippen molar-refractivity contribution < 1.29 is 0 Å². The van der Waals surface area contributed by atoms with Crippen LogP contribution in [0.15, 0.2) is 24.0 Å². The van der Waals surface area contributed by atoms with E-state index >= 15 is 0 Å². The maximum absolute atomic E-state index is 6.14. The van der Waals surface area contributed by atoms with Gasteiger partial charge in [0.1, 0.15) is 16.4 Å². The Morgan fingerprint density at radius 1 is 1.38 bits per heavy atom. The molecule has 2 aromatic heterocycles. The number of rotatable bonds is 3. The molecule has 0 aliphatic heterocycles. The van der Waals surface area contributed by atoms with Crippen LogP contribution in [-0.2, 0) is 5.54 Å². The smallest absolute Gasteiger partial charge is 0.113 e. The maximum atomic E-state index is 6.14. The van der Waals surface area contributed by atoms with Crippen LogP contribution < -0.4 is 5.73 Å². The minimum absolute atomic E-state index is 0.356. The molecule has 0 aliphatic rings. The summed E-state index contributed by atoms with van der Waals surface area (Å²) >= 11 is 1.57. The summed E-state index contributed by atoms with van der Waals surface area (Å²) in [5.74, 6) is 0. The molecule has 5 heteroatoms. The van der Waals surface area contributed by atoms with Crippen molar-refractivity contribution in [3.63, 3.8) is 0 Å². The van der Waals surface area contributed by atoms with Crippen molar-refractivity contribution in [2.45, 2.75) is 25.8 Å². The minimum atomic E-state index is -0.356. The third-order valence-electron chi connectivity index (χ3n) is 2.55. The van der Waals surface area contributed by atoms with Gasteiger partial charge < -0.3 is 5.73 Å². The second-order valence-electron chi connectivity index (χ2n) is 3.90. The molecular formula is C11H14N4S. The zero-order chi connectivity index (χ0) is 11.6. The highest BCUT2D eigenvalue weighted by Crippen LogP contribution is 2.27. The van der Waals surface area contributed by atoms with Crippen LogP contribution in [0.5, 0.6) is 0 Å². The molecule has 2 aromatic rings. The van der Waals surface area contributed by atoms with Gasteiger partial charge in [0.15, 0.2) is 0 Å². The van der Waals surface area contributed by atoms with Crippen LogP contribution in [0.25, 0.3) is 11.4 Å². The number of nitrogens with zero attached hydrogens (tertiary/aromatic N) is 3. The molecule has 2 rings (SSSR count). The lowest BCUT2D eigenvalue weighted by molar-refractivity contribution is 0.474. The quantitative estimate of drug-likeness (QED) is 0.884. The first-order chi connectivity index (χ1) is 7.63. The van der Waals surface area contributed by atoms with Crippen LogP contribution >= 0.6 is 11.3 Å². The van der Waals surface area contributed by atoms with Crippen LogP contribution in [0.3, 0.4) is 0 Å². The van der Waals surface area contributed by atoms with E-state index < -0.39 is 0 Å². The zero-order valence-electron chi connectivity index (χ0n) is 9.34. The molecule has 0 saturated carbocycles. The van der Waals surface area contributed by atoms with E-state index in [2.05, 4.69) is 21.9 Å². The summed E-state index contributed by atoms with van der Waals surface area (Å²) in [7, 11) is 0. The lowest BCUT2D eigenvalue weighted by atomic mass is 10.0. The van der Waals surface area contributed by atoms with Crippen molar-refractivity contribution in [3.8, 4) is 11.4 Å². The molecule has 1 atom stereocenters. The Morgan fingerprint density at radius 2 is 2.19 bits per heavy atom. The number of hydrogen-bond acceptors (Lipinski definition) is 5. The summed E-state index contributed by atoms with van der Waals surface area (Å²) < 4.78 is 0. The van der Waals surface area contributed by atoms with Crippen LogP contribution in [0.4, 0.5) is 0 Å². The van der Waals surface area contributed by atoms with Gasteiger partial charge in [-0.1, -0.05) is 6.92 Å². The van der Waals surface area contributed by atoms with Crippen molar-refractivity contribution in [3.05, 3.63) is 29.0 Å². The molecule has 84 valence electrons. The lowest BCUT2D eigenvalue weighted by Crippen LogP contribution is -2.31. The summed E-state index contributed by atoms with van der Waals surface area (Å²) in [6.07, 6.45) is 5.88. The highest BCUT2D eigenvalue weighted by molar-refractivity contribution is 7.10. The third kappa shape index (κ3) is 2.10. The summed E-state index contributed by atoms with van der Waals surface area (Å²) in [6, 6.07) is 0. The van der Waals surface area contributed by atoms with Gasteiger partial charge in [0.25, 0.3) is 0 Å². The lowest BCUT2D eigenvalue weighted by Gasteiger charge is -2.18. The number of aromatic nitrogens is 3. The summed E-state index contributed by atoms with van der Waals surface area (Å²) in [5.41, 5.74) is 7.42. The van der Waals surface area contributed by atoms with Crippen LogP contribution in [-0.4, -0.2) is 15.0 Å². The summed E-state index contributed by atoms with van der Waals surface area (Å²) in [4.78, 5) is 12.7. The second kappa shape index (κ2) is 4.27. The highest BCUT2D eigenvalue weighted by Gasteiger charge is 2.22. The van der Waals surface area contributed by atoms with Crippen molar-refractivity contribution in [2.75, 3.05) is 0 Å². The van der Waals surface area contributed by atoms with E-state index in [9.17, 15) is 0 Å². The van der Waals surface area contributed by atoms with Crippen molar-refractivity contribution in [1.29, 1.82) is 0 Å². The largest absolute Gasteiger partial charge is 0.320 e. The van der Waals surface area contributed by atoms with E-state index in [4.69, 9.17) is 5.73 Å². The van der Waals surface area contributed by atoms with Crippen LogP contribution in [0, 0.1) is 0 Å². The van der Waals surface area contributed by atoms with E-state index in [0.717, 1.165) is 22.8 Å². The molecular weight excluding hydrogens is 220 g/mol. The molecule has 0 amide bonds. The van der Waals surface area contributed by atoms with Crippen LogP contribution in [0.1, 0.15) is 25.3 Å². The van der Waals surface area contributed by atoms with Crippen molar-refractivity contribution in [1.82, 2.24) is 15.0 Å². The maximum Gasteiger partial charge on any atom is 0.113 e. The molecule has 0 bridgehead atoms. The Balaban J connectivity index is 2.34. The van der Waals surface area contributed by atoms with E-state index in [1.165, 1.54) is 0 Å². The predicted octanol–water partition coefficient (Wildman–Crippen LogP) is 2.18. The fourth-order valence-corrected chi connectivity index (χ4v) is 2.20. The molecule has 0 aliphatic carbocycles. The first-order valence-electron chi connectivity index (χ1n) is 5.15. The average Bonchev–Trinajstić information content (AvgIpc) is 2.80. The van der Waals surface area contributed by atoms with Crippen molar-refractivity contribution in [2.24, 2.45) is 5.73 Å². The van der Waals surface area contributed by atoms with E-state index in [1.54, 1.807) is 29.9 Å². The van der Waals surface area contributed by atoms with Gasteiger partial charge in [0, 0.05) is 17.8 Å². The van der Waals surface area contributed by atoms with Gasteiger partial charge in [0.05, 0.1) is 11.7 Å². The topological polar surface area (TPSA) is 64.7 Å². The van der Waals surface area contributed by atoms with Gasteiger partial charge in [-0.2, -0.15) is 0 Å². The molecule has 0 spiro atoms. The molecule has 16 heavy (non-hydrogen) atoms. The monoisotopic (exact) mass is 234 g/mol. The number of nitrogens with two attached hydrogens (primary N) is 1. The highest BCUT2D eigenvalue weighted by atomic mass is 32.1. The molecule has 0 fully saturated rings. The van der Waals surface area contributed by atoms with Gasteiger partial charge >= 0.3 is 0 Å². The van der Waals surface area contributed by atoms with E-state index in [-0.39, 0.29) is 5.54 Å². The Kier molecular flexibility index (Phi) is 2.98. The Hall–Kier alpha value is -1.33. The summed E-state index contributed by atoms with van der Waals surface area (Å²) in [5, 5.41) is 2.91. The van der Waals surface area contributed by atoms with E-state index in [1.807, 2.05) is 12.3 Å². The van der Waals surface area contributed by atoms with Gasteiger partial charge in [-0.25, -0.2) is 4.98 Å². The standard InChI is InChI=1S/C11H14N4S/c1-3-11(2,12)10-15-9(7-16-10)8-6-13-4-5-14-8/h4-7H,3,12H2,1-2H3. The molecule has 0 aromatic carbocycles. The molecule has 2 heterocycles. The molecule has 4 nitrogen and oxygen atoms in total. The Labute approximate surface area is 98.6 Å². The third-order valence-corrected chi connectivity index (χ3v) is 3.67. The van der Waals surface area contributed by atoms with Crippen molar-refractivity contribution >= 4 is 11.3 Å². The SMILES string of the molecule is CCC(C)(N)c1nc(-c2cnccn2)cs1. The zero-order valence-corrected chi connectivity index (χ0v) is 10.2. The predicted molar refractivity (Wildman–Crippen MR) is 65.0 cm³/mol. The molecule has 0 radical (unpaired) electrons. The number of hydrogen-bond donors (Lipinski definition) is 1. The van der Waals surface area contributed by atoms with Gasteiger partial charge in [0.2, 0.25) is 0 Å². The number of thiazole rings is 1. The Morgan fingerprint density at radius 3 is 2.81 bits per heavy atom. The van der Waals surface area contributed by atoms with Gasteiger partial charge in [-0.15, -0.1) is 11.3 Å². The van der Waals surface area contributed by atoms with Gasteiger partial charge in [-0.05, 0) is 13.3 Å². The normalized spacial score (nSPS) is 14.7. The summed E-state index contributed by atoms with van der Waals surface area (Å²) in [6.45, 7) is 4.05. The average molecular weight is 234 g/mol. The minimum Gasteiger partial charge on any atom is -0.320 e. The Bertz CT molecular complexity index is 464. The fourth-order valence-electron chi connectivity index (χ4n) is 1.24.